The first-order chi connectivity index (χ1) is 10.1. The molecule has 21 heavy (non-hydrogen) atoms. The summed E-state index contributed by atoms with van der Waals surface area (Å²) in [5.74, 6) is 0.325. The van der Waals surface area contributed by atoms with Crippen molar-refractivity contribution >= 4 is 11.8 Å². The molecule has 1 aromatic rings. The molecule has 0 bridgehead atoms. The van der Waals surface area contributed by atoms with Crippen molar-refractivity contribution in [1.82, 2.24) is 9.88 Å². The van der Waals surface area contributed by atoms with E-state index in [4.69, 9.17) is 10.5 Å². The number of aromatic nitrogens is 1. The summed E-state index contributed by atoms with van der Waals surface area (Å²) in [6.07, 6.45) is 3.62. The Morgan fingerprint density at radius 3 is 2.76 bits per heavy atom. The summed E-state index contributed by atoms with van der Waals surface area (Å²) >= 11 is 0. The highest BCUT2D eigenvalue weighted by atomic mass is 16.5. The summed E-state index contributed by atoms with van der Waals surface area (Å²) in [4.78, 5) is 29.4. The van der Waals surface area contributed by atoms with Gasteiger partial charge in [0.2, 0.25) is 11.8 Å². The van der Waals surface area contributed by atoms with Crippen molar-refractivity contribution in [3.8, 4) is 5.88 Å². The fourth-order valence-electron chi connectivity index (χ4n) is 2.60. The summed E-state index contributed by atoms with van der Waals surface area (Å²) in [5.41, 5.74) is 5.71. The number of likely N-dealkylation sites (tertiary alicyclic amines) is 1. The van der Waals surface area contributed by atoms with Gasteiger partial charge < -0.3 is 15.4 Å². The molecule has 0 atom stereocenters. The normalized spacial score (nSPS) is 15.8. The van der Waals surface area contributed by atoms with Crippen molar-refractivity contribution in [1.29, 1.82) is 0 Å². The van der Waals surface area contributed by atoms with Gasteiger partial charge >= 0.3 is 0 Å². The summed E-state index contributed by atoms with van der Waals surface area (Å²) in [7, 11) is 0. The molecule has 1 aromatic heterocycles. The number of primary amides is 1. The second-order valence-electron chi connectivity index (χ2n) is 5.20. The van der Waals surface area contributed by atoms with Crippen LogP contribution in [-0.4, -0.2) is 41.4 Å². The minimum Gasteiger partial charge on any atom is -0.477 e. The Morgan fingerprint density at radius 2 is 2.14 bits per heavy atom. The van der Waals surface area contributed by atoms with E-state index in [0.717, 1.165) is 12.8 Å². The lowest BCUT2D eigenvalue weighted by atomic mass is 9.93. The van der Waals surface area contributed by atoms with E-state index in [-0.39, 0.29) is 17.7 Å². The molecule has 0 unspecified atom stereocenters. The number of pyridine rings is 1. The van der Waals surface area contributed by atoms with Crippen LogP contribution in [0.3, 0.4) is 0 Å². The van der Waals surface area contributed by atoms with Gasteiger partial charge in [0.1, 0.15) is 5.56 Å². The van der Waals surface area contributed by atoms with E-state index in [9.17, 15) is 9.59 Å². The van der Waals surface area contributed by atoms with Gasteiger partial charge in [0.25, 0.3) is 5.91 Å². The third-order valence-corrected chi connectivity index (χ3v) is 3.67. The molecule has 1 aliphatic heterocycles. The summed E-state index contributed by atoms with van der Waals surface area (Å²) in [6, 6.07) is 3.46. The lowest BCUT2D eigenvalue weighted by molar-refractivity contribution is -0.119. The average Bonchev–Trinajstić information content (AvgIpc) is 2.48. The molecule has 6 heteroatoms. The standard InChI is InChI=1S/C15H21N3O3/c1-2-21-14-12(4-3-7-17-14)15(20)18-8-5-11(6-9-18)10-13(16)19/h3-4,7,11H,2,5-6,8-10H2,1H3,(H2,16,19). The summed E-state index contributed by atoms with van der Waals surface area (Å²) < 4.78 is 5.40. The molecule has 0 aliphatic carbocycles. The van der Waals surface area contributed by atoms with Crippen LogP contribution in [0.1, 0.15) is 36.5 Å². The average molecular weight is 291 g/mol. The number of carbonyl (C=O) groups excluding carboxylic acids is 2. The van der Waals surface area contributed by atoms with Gasteiger partial charge in [0, 0.05) is 25.7 Å². The Labute approximate surface area is 124 Å². The van der Waals surface area contributed by atoms with E-state index in [2.05, 4.69) is 4.98 Å². The van der Waals surface area contributed by atoms with Gasteiger partial charge in [0.05, 0.1) is 6.61 Å². The molecule has 6 nitrogen and oxygen atoms in total. The van der Waals surface area contributed by atoms with Crippen molar-refractivity contribution in [3.63, 3.8) is 0 Å². The van der Waals surface area contributed by atoms with E-state index in [1.54, 1.807) is 23.2 Å². The van der Waals surface area contributed by atoms with Gasteiger partial charge in [0.15, 0.2) is 0 Å². The highest BCUT2D eigenvalue weighted by Crippen LogP contribution is 2.23. The van der Waals surface area contributed by atoms with Crippen LogP contribution in [0.2, 0.25) is 0 Å². The minimum atomic E-state index is -0.273. The number of hydrogen-bond donors (Lipinski definition) is 1. The van der Waals surface area contributed by atoms with E-state index < -0.39 is 0 Å². The van der Waals surface area contributed by atoms with Crippen molar-refractivity contribution in [3.05, 3.63) is 23.9 Å². The van der Waals surface area contributed by atoms with E-state index in [0.29, 0.717) is 37.6 Å². The predicted molar refractivity (Wildman–Crippen MR) is 77.8 cm³/mol. The molecule has 114 valence electrons. The topological polar surface area (TPSA) is 85.5 Å². The molecule has 0 saturated carbocycles. The zero-order chi connectivity index (χ0) is 15.2. The van der Waals surface area contributed by atoms with Crippen LogP contribution in [0.4, 0.5) is 0 Å². The number of nitrogens with zero attached hydrogens (tertiary/aromatic N) is 2. The van der Waals surface area contributed by atoms with Crippen molar-refractivity contribution < 1.29 is 14.3 Å². The van der Waals surface area contributed by atoms with E-state index >= 15 is 0 Å². The van der Waals surface area contributed by atoms with Gasteiger partial charge in [-0.05, 0) is 37.8 Å². The monoisotopic (exact) mass is 291 g/mol. The molecule has 0 aromatic carbocycles. The van der Waals surface area contributed by atoms with Crippen LogP contribution < -0.4 is 10.5 Å². The Bertz CT molecular complexity index is 511. The zero-order valence-electron chi connectivity index (χ0n) is 12.2. The molecule has 2 rings (SSSR count). The second kappa shape index (κ2) is 7.06. The van der Waals surface area contributed by atoms with E-state index in [1.807, 2.05) is 6.92 Å². The third-order valence-electron chi connectivity index (χ3n) is 3.67. The Balaban J connectivity index is 2.00. The highest BCUT2D eigenvalue weighted by Gasteiger charge is 2.26. The maximum atomic E-state index is 12.5. The van der Waals surface area contributed by atoms with Gasteiger partial charge in [-0.25, -0.2) is 4.98 Å². The first kappa shape index (κ1) is 15.3. The van der Waals surface area contributed by atoms with Gasteiger partial charge in [-0.2, -0.15) is 0 Å². The fraction of sp³-hybridized carbons (Fsp3) is 0.533. The molecule has 2 amide bonds. The number of carbonyl (C=O) groups is 2. The molecule has 0 spiro atoms. The summed E-state index contributed by atoms with van der Waals surface area (Å²) in [5, 5.41) is 0. The Morgan fingerprint density at radius 1 is 1.43 bits per heavy atom. The number of amides is 2. The molecule has 1 saturated heterocycles. The van der Waals surface area contributed by atoms with Gasteiger partial charge in [-0.3, -0.25) is 9.59 Å². The molecule has 0 radical (unpaired) electrons. The number of piperidine rings is 1. The Hall–Kier alpha value is -2.11. The van der Waals surface area contributed by atoms with Crippen molar-refractivity contribution in [2.24, 2.45) is 11.7 Å². The van der Waals surface area contributed by atoms with Crippen LogP contribution in [0.25, 0.3) is 0 Å². The van der Waals surface area contributed by atoms with Crippen LogP contribution in [0.5, 0.6) is 5.88 Å². The number of nitrogens with two attached hydrogens (primary N) is 1. The van der Waals surface area contributed by atoms with Crippen molar-refractivity contribution in [2.75, 3.05) is 19.7 Å². The molecular weight excluding hydrogens is 270 g/mol. The molecule has 2 heterocycles. The number of ether oxygens (including phenoxy) is 1. The Kier molecular flexibility index (Phi) is 5.14. The number of rotatable bonds is 5. The maximum absolute atomic E-state index is 12.5. The first-order valence-corrected chi connectivity index (χ1v) is 7.27. The minimum absolute atomic E-state index is 0.0657. The maximum Gasteiger partial charge on any atom is 0.259 e. The largest absolute Gasteiger partial charge is 0.477 e. The molecular formula is C15H21N3O3. The fourth-order valence-corrected chi connectivity index (χ4v) is 2.60. The third kappa shape index (κ3) is 3.93. The lowest BCUT2D eigenvalue weighted by Crippen LogP contribution is -2.39. The highest BCUT2D eigenvalue weighted by molar-refractivity contribution is 5.96. The van der Waals surface area contributed by atoms with Gasteiger partial charge in [-0.1, -0.05) is 0 Å². The van der Waals surface area contributed by atoms with Crippen LogP contribution in [-0.2, 0) is 4.79 Å². The van der Waals surface area contributed by atoms with Crippen LogP contribution in [0.15, 0.2) is 18.3 Å². The molecule has 1 fully saturated rings. The predicted octanol–water partition coefficient (Wildman–Crippen LogP) is 1.21. The van der Waals surface area contributed by atoms with Crippen LogP contribution >= 0.6 is 0 Å². The SMILES string of the molecule is CCOc1ncccc1C(=O)N1CCC(CC(N)=O)CC1. The number of hydrogen-bond acceptors (Lipinski definition) is 4. The quantitative estimate of drug-likeness (QED) is 0.883. The molecule has 1 aliphatic rings. The summed E-state index contributed by atoms with van der Waals surface area (Å²) in [6.45, 7) is 3.60. The zero-order valence-corrected chi connectivity index (χ0v) is 12.2. The van der Waals surface area contributed by atoms with Crippen molar-refractivity contribution in [2.45, 2.75) is 26.2 Å². The lowest BCUT2D eigenvalue weighted by Gasteiger charge is -2.31. The van der Waals surface area contributed by atoms with Gasteiger partial charge in [-0.15, -0.1) is 0 Å². The smallest absolute Gasteiger partial charge is 0.259 e. The second-order valence-corrected chi connectivity index (χ2v) is 5.20. The van der Waals surface area contributed by atoms with E-state index in [1.165, 1.54) is 0 Å². The van der Waals surface area contributed by atoms with Crippen LogP contribution in [0, 0.1) is 5.92 Å². The molecule has 2 N–H and O–H groups in total. The first-order valence-electron chi connectivity index (χ1n) is 7.27.